The van der Waals surface area contributed by atoms with Crippen LogP contribution in [-0.2, 0) is 0 Å². The van der Waals surface area contributed by atoms with Crippen molar-refractivity contribution in [3.63, 3.8) is 0 Å². The molecule has 0 spiro atoms. The molecule has 3 heterocycles. The van der Waals surface area contributed by atoms with Gasteiger partial charge in [0.15, 0.2) is 5.75 Å². The fraction of sp³-hybridized carbons (Fsp3) is 0.308. The number of likely N-dealkylation sites (tertiary alicyclic amines) is 1. The SMILES string of the molecule is Cc1c(C(=O)N2CC[C@@H](O)C2)cn2nccc(Oc3ccc(Nc4c(NC5CC5)c(=O)c4=O)c(Cl)c3)c12. The van der Waals surface area contributed by atoms with E-state index in [-0.39, 0.29) is 17.6 Å². The molecule has 1 atom stereocenters. The lowest BCUT2D eigenvalue weighted by Crippen LogP contribution is -2.37. The van der Waals surface area contributed by atoms with Crippen molar-refractivity contribution in [2.75, 3.05) is 23.7 Å². The Hall–Kier alpha value is -3.89. The number of hydrogen-bond donors (Lipinski definition) is 3. The number of nitrogens with zero attached hydrogens (tertiary/aromatic N) is 3. The number of aliphatic hydroxyl groups is 1. The van der Waals surface area contributed by atoms with E-state index < -0.39 is 17.0 Å². The Bertz CT molecular complexity index is 1620. The summed E-state index contributed by atoms with van der Waals surface area (Å²) in [6.45, 7) is 2.66. The van der Waals surface area contributed by atoms with Crippen LogP contribution in [0.15, 0.2) is 46.2 Å². The van der Waals surface area contributed by atoms with Crippen LogP contribution in [0.5, 0.6) is 11.5 Å². The maximum Gasteiger partial charge on any atom is 0.255 e. The third-order valence-corrected chi connectivity index (χ3v) is 7.15. The third kappa shape index (κ3) is 4.21. The van der Waals surface area contributed by atoms with Crippen LogP contribution in [0, 0.1) is 6.92 Å². The van der Waals surface area contributed by atoms with Crippen LogP contribution < -0.4 is 26.2 Å². The van der Waals surface area contributed by atoms with Crippen LogP contribution in [0.3, 0.4) is 0 Å². The maximum absolute atomic E-state index is 13.0. The first-order chi connectivity index (χ1) is 17.8. The summed E-state index contributed by atoms with van der Waals surface area (Å²) in [7, 11) is 0. The summed E-state index contributed by atoms with van der Waals surface area (Å²) in [5.41, 5.74) is 1.76. The third-order valence-electron chi connectivity index (χ3n) is 6.84. The summed E-state index contributed by atoms with van der Waals surface area (Å²) in [6.07, 6.45) is 5.27. The molecule has 1 amide bonds. The first-order valence-corrected chi connectivity index (χ1v) is 12.5. The molecule has 2 fully saturated rings. The van der Waals surface area contributed by atoms with Gasteiger partial charge in [-0.15, -0.1) is 0 Å². The molecular formula is C26H24ClN5O5. The number of halogens is 1. The molecular weight excluding hydrogens is 498 g/mol. The highest BCUT2D eigenvalue weighted by atomic mass is 35.5. The number of aryl methyl sites for hydroxylation is 1. The van der Waals surface area contributed by atoms with Gasteiger partial charge < -0.3 is 25.4 Å². The van der Waals surface area contributed by atoms with E-state index in [4.69, 9.17) is 16.3 Å². The topological polar surface area (TPSA) is 125 Å². The molecule has 0 unspecified atom stereocenters. The molecule has 2 aliphatic rings. The van der Waals surface area contributed by atoms with Gasteiger partial charge in [0.1, 0.15) is 22.6 Å². The van der Waals surface area contributed by atoms with Crippen molar-refractivity contribution in [1.29, 1.82) is 0 Å². The molecule has 2 aromatic carbocycles. The number of nitrogens with one attached hydrogen (secondary N) is 2. The number of fused-ring (bicyclic) bond motifs is 1. The summed E-state index contributed by atoms with van der Waals surface area (Å²) >= 11 is 6.48. The van der Waals surface area contributed by atoms with Crippen molar-refractivity contribution >= 4 is 40.1 Å². The van der Waals surface area contributed by atoms with Gasteiger partial charge in [-0.3, -0.25) is 14.4 Å². The van der Waals surface area contributed by atoms with Crippen LogP contribution in [-0.4, -0.2) is 50.8 Å². The van der Waals surface area contributed by atoms with Gasteiger partial charge in [0.05, 0.1) is 28.6 Å². The zero-order valence-electron chi connectivity index (χ0n) is 20.0. The maximum atomic E-state index is 13.0. The fourth-order valence-corrected chi connectivity index (χ4v) is 4.84. The minimum atomic E-state index is -0.573. The summed E-state index contributed by atoms with van der Waals surface area (Å²) in [4.78, 5) is 38.7. The number of aromatic nitrogens is 2. The minimum absolute atomic E-state index is 0.155. The summed E-state index contributed by atoms with van der Waals surface area (Å²) in [5, 5.41) is 20.5. The van der Waals surface area contributed by atoms with Crippen molar-refractivity contribution in [2.24, 2.45) is 0 Å². The molecule has 4 aromatic rings. The first kappa shape index (κ1) is 23.5. The van der Waals surface area contributed by atoms with Gasteiger partial charge in [-0.2, -0.15) is 5.10 Å². The molecule has 0 radical (unpaired) electrons. The Morgan fingerprint density at radius 3 is 2.65 bits per heavy atom. The number of aliphatic hydroxyl groups excluding tert-OH is 1. The average Bonchev–Trinajstić information content (AvgIpc) is 3.51. The molecule has 1 saturated heterocycles. The monoisotopic (exact) mass is 521 g/mol. The number of amides is 1. The second-order valence-corrected chi connectivity index (χ2v) is 9.95. The Balaban J connectivity index is 1.24. The molecule has 37 heavy (non-hydrogen) atoms. The zero-order chi connectivity index (χ0) is 25.8. The first-order valence-electron chi connectivity index (χ1n) is 12.1. The van der Waals surface area contributed by atoms with E-state index in [9.17, 15) is 19.5 Å². The Morgan fingerprint density at radius 2 is 1.95 bits per heavy atom. The van der Waals surface area contributed by atoms with Crippen molar-refractivity contribution < 1.29 is 14.6 Å². The quantitative estimate of drug-likeness (QED) is 0.317. The highest BCUT2D eigenvalue weighted by Crippen LogP contribution is 2.36. The molecule has 1 saturated carbocycles. The molecule has 190 valence electrons. The molecule has 1 aliphatic heterocycles. The molecule has 1 aliphatic carbocycles. The van der Waals surface area contributed by atoms with Crippen LogP contribution in [0.1, 0.15) is 35.2 Å². The second kappa shape index (κ2) is 8.89. The zero-order valence-corrected chi connectivity index (χ0v) is 20.7. The van der Waals surface area contributed by atoms with Crippen LogP contribution in [0.2, 0.25) is 5.02 Å². The van der Waals surface area contributed by atoms with Gasteiger partial charge in [-0.1, -0.05) is 11.6 Å². The van der Waals surface area contributed by atoms with E-state index in [0.717, 1.165) is 18.4 Å². The molecule has 2 aromatic heterocycles. The van der Waals surface area contributed by atoms with Gasteiger partial charge in [0.25, 0.3) is 16.8 Å². The number of benzene rings is 1. The lowest BCUT2D eigenvalue weighted by atomic mass is 10.1. The Kier molecular flexibility index (Phi) is 5.65. The highest BCUT2D eigenvalue weighted by molar-refractivity contribution is 6.33. The molecule has 11 heteroatoms. The summed E-state index contributed by atoms with van der Waals surface area (Å²) in [5.74, 6) is 0.780. The standard InChI is InChI=1S/C26H24ClN5O5/c1-13-17(26(36)31-9-7-15(33)11-31)12-32-23(13)20(6-8-28-32)37-16-4-5-19(18(27)10-16)30-22-21(24(34)25(22)35)29-14-2-3-14/h4-6,8,10,12,14-15,29-30,33H,2-3,7,9,11H2,1H3/t15-/m1/s1. The van der Waals surface area contributed by atoms with E-state index in [1.54, 1.807) is 46.1 Å². The van der Waals surface area contributed by atoms with Crippen molar-refractivity contribution in [1.82, 2.24) is 14.5 Å². The highest BCUT2D eigenvalue weighted by Gasteiger charge is 2.30. The fourth-order valence-electron chi connectivity index (χ4n) is 4.62. The van der Waals surface area contributed by atoms with E-state index in [2.05, 4.69) is 15.7 Å². The molecule has 6 rings (SSSR count). The Morgan fingerprint density at radius 1 is 1.16 bits per heavy atom. The summed E-state index contributed by atoms with van der Waals surface area (Å²) in [6, 6.07) is 6.92. The predicted molar refractivity (Wildman–Crippen MR) is 139 cm³/mol. The summed E-state index contributed by atoms with van der Waals surface area (Å²) < 4.78 is 7.73. The lowest BCUT2D eigenvalue weighted by Gasteiger charge is -2.16. The van der Waals surface area contributed by atoms with Crippen molar-refractivity contribution in [3.8, 4) is 11.5 Å². The van der Waals surface area contributed by atoms with Gasteiger partial charge >= 0.3 is 0 Å². The van der Waals surface area contributed by atoms with Crippen LogP contribution in [0.25, 0.3) is 5.52 Å². The van der Waals surface area contributed by atoms with Gasteiger partial charge in [-0.25, -0.2) is 4.52 Å². The van der Waals surface area contributed by atoms with Crippen LogP contribution in [0.4, 0.5) is 17.1 Å². The number of ether oxygens (including phenoxy) is 1. The van der Waals surface area contributed by atoms with E-state index in [1.165, 1.54) is 0 Å². The minimum Gasteiger partial charge on any atom is -0.455 e. The number of carbonyl (C=O) groups is 1. The largest absolute Gasteiger partial charge is 0.455 e. The van der Waals surface area contributed by atoms with Gasteiger partial charge in [0.2, 0.25) is 0 Å². The predicted octanol–water partition coefficient (Wildman–Crippen LogP) is 3.21. The normalized spacial score (nSPS) is 17.5. The number of rotatable bonds is 7. The van der Waals surface area contributed by atoms with Gasteiger partial charge in [0, 0.05) is 37.5 Å². The molecule has 0 bridgehead atoms. The average molecular weight is 522 g/mol. The van der Waals surface area contributed by atoms with Crippen molar-refractivity contribution in [2.45, 2.75) is 38.3 Å². The number of anilines is 3. The van der Waals surface area contributed by atoms with E-state index in [0.29, 0.717) is 58.5 Å². The van der Waals surface area contributed by atoms with E-state index >= 15 is 0 Å². The lowest BCUT2D eigenvalue weighted by molar-refractivity contribution is 0.0764. The van der Waals surface area contributed by atoms with Gasteiger partial charge in [-0.05, 0) is 43.9 Å². The Labute approximate surface area is 216 Å². The smallest absolute Gasteiger partial charge is 0.255 e. The van der Waals surface area contributed by atoms with Crippen LogP contribution >= 0.6 is 11.6 Å². The molecule has 3 N–H and O–H groups in total. The van der Waals surface area contributed by atoms with E-state index in [1.807, 2.05) is 6.92 Å². The molecule has 10 nitrogen and oxygen atoms in total. The number of carbonyl (C=O) groups excluding carboxylic acids is 1. The number of hydrogen-bond acceptors (Lipinski definition) is 8. The number of β-amino-alcohol motifs (C(OH)–C–C–N with tert-alkyl or cyclic N) is 1. The van der Waals surface area contributed by atoms with Crippen molar-refractivity contribution in [3.05, 3.63) is 73.3 Å². The second-order valence-electron chi connectivity index (χ2n) is 9.55.